The van der Waals surface area contributed by atoms with Gasteiger partial charge in [0, 0.05) is 28.1 Å². The van der Waals surface area contributed by atoms with Crippen LogP contribution in [0, 0.1) is 11.2 Å². The van der Waals surface area contributed by atoms with Crippen LogP contribution in [-0.2, 0) is 17.9 Å². The van der Waals surface area contributed by atoms with E-state index in [1.54, 1.807) is 6.07 Å². The zero-order valence-corrected chi connectivity index (χ0v) is 13.8. The number of carbonyl (C=O) groups is 1. The molecule has 25 heavy (non-hydrogen) atoms. The molecule has 0 atom stereocenters. The molecule has 130 valence electrons. The fourth-order valence-electron chi connectivity index (χ4n) is 2.66. The number of aromatic nitrogens is 2. The third-order valence-electron chi connectivity index (χ3n) is 4.57. The number of benzene rings is 1. The second-order valence-corrected chi connectivity index (χ2v) is 6.66. The van der Waals surface area contributed by atoms with Crippen molar-refractivity contribution in [3.63, 3.8) is 0 Å². The van der Waals surface area contributed by atoms with Crippen LogP contribution < -0.4 is 10.1 Å². The van der Waals surface area contributed by atoms with E-state index in [0.717, 1.165) is 29.4 Å². The molecule has 0 bridgehead atoms. The van der Waals surface area contributed by atoms with Gasteiger partial charge in [0.25, 0.3) is 0 Å². The quantitative estimate of drug-likeness (QED) is 0.720. The van der Waals surface area contributed by atoms with Crippen LogP contribution in [0.1, 0.15) is 31.2 Å². The summed E-state index contributed by atoms with van der Waals surface area (Å²) in [4.78, 5) is 19.0. The lowest BCUT2D eigenvalue weighted by atomic mass is 10.1. The molecule has 1 fully saturated rings. The summed E-state index contributed by atoms with van der Waals surface area (Å²) in [6.07, 6.45) is 4.68. The largest absolute Gasteiger partial charge is 0.482 e. The maximum Gasteiger partial charge on any atom is 0.226 e. The average Bonchev–Trinajstić information content (AvgIpc) is 3.01. The average molecular weight is 343 g/mol. The molecule has 0 unspecified atom stereocenters. The molecule has 1 saturated carbocycles. The van der Waals surface area contributed by atoms with E-state index >= 15 is 0 Å². The van der Waals surface area contributed by atoms with E-state index in [2.05, 4.69) is 15.3 Å². The number of carbonyl (C=O) groups excluding carboxylic acids is 1. The Kier molecular flexibility index (Phi) is 3.71. The number of hydrogen-bond donors (Lipinski definition) is 2. The van der Waals surface area contributed by atoms with E-state index in [0.29, 0.717) is 12.3 Å². The first-order valence-electron chi connectivity index (χ1n) is 8.13. The van der Waals surface area contributed by atoms with Crippen LogP contribution >= 0.6 is 0 Å². The molecule has 0 spiro atoms. The number of aromatic amines is 1. The van der Waals surface area contributed by atoms with Crippen LogP contribution in [0.4, 0.5) is 4.39 Å². The number of nitrogens with one attached hydrogen (secondary N) is 2. The number of halogens is 1. The van der Waals surface area contributed by atoms with Gasteiger partial charge in [0.1, 0.15) is 6.61 Å². The number of amides is 1. The summed E-state index contributed by atoms with van der Waals surface area (Å²) >= 11 is 0. The monoisotopic (exact) mass is 343 g/mol. The molecular weight excluding hydrogens is 325 g/mol. The fourth-order valence-corrected chi connectivity index (χ4v) is 2.66. The van der Waals surface area contributed by atoms with Crippen LogP contribution in [-0.4, -0.2) is 15.9 Å². The third-order valence-corrected chi connectivity index (χ3v) is 4.57. The number of hydrogen-bond acceptors (Lipinski definition) is 4. The topological polar surface area (TPSA) is 80.2 Å². The Morgan fingerprint density at radius 3 is 3.00 bits per heavy atom. The highest BCUT2D eigenvalue weighted by molar-refractivity contribution is 5.85. The Balaban J connectivity index is 1.47. The van der Waals surface area contributed by atoms with Crippen molar-refractivity contribution in [1.82, 2.24) is 15.3 Å². The SMILES string of the molecule is CC1(C(=O)NCc2cc3cc(F)c(OCc4cnco4)cc3[nH]2)CC1. The summed E-state index contributed by atoms with van der Waals surface area (Å²) in [5.74, 6) is 0.260. The summed E-state index contributed by atoms with van der Waals surface area (Å²) < 4.78 is 24.7. The minimum Gasteiger partial charge on any atom is -0.482 e. The van der Waals surface area contributed by atoms with Crippen molar-refractivity contribution in [2.75, 3.05) is 0 Å². The highest BCUT2D eigenvalue weighted by Crippen LogP contribution is 2.45. The predicted octanol–water partition coefficient (Wildman–Crippen LogP) is 3.29. The van der Waals surface area contributed by atoms with Gasteiger partial charge in [-0.05, 0) is 25.0 Å². The summed E-state index contributed by atoms with van der Waals surface area (Å²) in [7, 11) is 0. The molecule has 0 radical (unpaired) electrons. The Labute approximate surface area is 143 Å². The Bertz CT molecular complexity index is 913. The second kappa shape index (κ2) is 5.91. The van der Waals surface area contributed by atoms with Gasteiger partial charge in [0.2, 0.25) is 5.91 Å². The maximum atomic E-state index is 14.2. The van der Waals surface area contributed by atoms with Crippen molar-refractivity contribution < 1.29 is 18.3 Å². The normalized spacial score (nSPS) is 15.3. The number of fused-ring (bicyclic) bond motifs is 1. The lowest BCUT2D eigenvalue weighted by Crippen LogP contribution is -2.29. The minimum absolute atomic E-state index is 0.0633. The second-order valence-electron chi connectivity index (χ2n) is 6.66. The van der Waals surface area contributed by atoms with Crippen LogP contribution in [0.5, 0.6) is 5.75 Å². The molecule has 1 amide bonds. The number of oxazole rings is 1. The lowest BCUT2D eigenvalue weighted by Gasteiger charge is -2.08. The molecule has 7 heteroatoms. The van der Waals surface area contributed by atoms with Gasteiger partial charge in [0.05, 0.1) is 12.7 Å². The van der Waals surface area contributed by atoms with E-state index < -0.39 is 5.82 Å². The summed E-state index contributed by atoms with van der Waals surface area (Å²) in [5.41, 5.74) is 1.36. The van der Waals surface area contributed by atoms with Crippen molar-refractivity contribution in [2.45, 2.75) is 32.9 Å². The Morgan fingerprint density at radius 2 is 2.28 bits per heavy atom. The number of H-pyrrole nitrogens is 1. The minimum atomic E-state index is -0.452. The van der Waals surface area contributed by atoms with Crippen molar-refractivity contribution in [2.24, 2.45) is 5.41 Å². The zero-order valence-electron chi connectivity index (χ0n) is 13.8. The van der Waals surface area contributed by atoms with Crippen molar-refractivity contribution in [1.29, 1.82) is 0 Å². The molecule has 2 heterocycles. The van der Waals surface area contributed by atoms with Crippen molar-refractivity contribution >= 4 is 16.8 Å². The Morgan fingerprint density at radius 1 is 1.44 bits per heavy atom. The molecule has 1 aromatic carbocycles. The molecule has 3 aromatic rings. The fraction of sp³-hybridized carbons (Fsp3) is 0.333. The first kappa shape index (κ1) is 15.7. The summed E-state index contributed by atoms with van der Waals surface area (Å²) in [5, 5.41) is 3.65. The van der Waals surface area contributed by atoms with Gasteiger partial charge < -0.3 is 19.5 Å². The number of rotatable bonds is 6. The summed E-state index contributed by atoms with van der Waals surface area (Å²) in [6.45, 7) is 2.45. The van der Waals surface area contributed by atoms with Crippen molar-refractivity contribution in [3.05, 3.63) is 48.1 Å². The summed E-state index contributed by atoms with van der Waals surface area (Å²) in [6, 6.07) is 4.85. The zero-order chi connectivity index (χ0) is 17.4. The first-order valence-corrected chi connectivity index (χ1v) is 8.13. The van der Waals surface area contributed by atoms with E-state index in [1.165, 1.54) is 18.7 Å². The smallest absolute Gasteiger partial charge is 0.226 e. The van der Waals surface area contributed by atoms with Gasteiger partial charge in [0.15, 0.2) is 23.7 Å². The van der Waals surface area contributed by atoms with Gasteiger partial charge >= 0.3 is 0 Å². The van der Waals surface area contributed by atoms with E-state index in [4.69, 9.17) is 9.15 Å². The molecular formula is C18H18FN3O3. The standard InChI is InChI=1S/C18H18FN3O3/c1-18(2-3-18)17(23)21-7-12-4-11-5-14(19)16(6-15(11)22-12)24-9-13-8-20-10-25-13/h4-6,8,10,22H,2-3,7,9H2,1H3,(H,21,23). The molecule has 1 aliphatic rings. The van der Waals surface area contributed by atoms with Crippen LogP contribution in [0.3, 0.4) is 0 Å². The molecule has 4 rings (SSSR count). The number of nitrogens with zero attached hydrogens (tertiary/aromatic N) is 1. The lowest BCUT2D eigenvalue weighted by molar-refractivity contribution is -0.125. The Hall–Kier alpha value is -2.83. The molecule has 6 nitrogen and oxygen atoms in total. The van der Waals surface area contributed by atoms with Gasteiger partial charge in [-0.25, -0.2) is 9.37 Å². The van der Waals surface area contributed by atoms with Gasteiger partial charge in [-0.3, -0.25) is 4.79 Å². The van der Waals surface area contributed by atoms with Crippen molar-refractivity contribution in [3.8, 4) is 5.75 Å². The van der Waals surface area contributed by atoms with Gasteiger partial charge in [-0.15, -0.1) is 0 Å². The molecule has 2 aromatic heterocycles. The molecule has 0 aliphatic heterocycles. The molecule has 2 N–H and O–H groups in total. The van der Waals surface area contributed by atoms with Crippen LogP contribution in [0.15, 0.2) is 35.2 Å². The third kappa shape index (κ3) is 3.22. The van der Waals surface area contributed by atoms with Gasteiger partial charge in [-0.1, -0.05) is 6.92 Å². The molecule has 1 aliphatic carbocycles. The molecule has 0 saturated heterocycles. The maximum absolute atomic E-state index is 14.2. The van der Waals surface area contributed by atoms with E-state index in [-0.39, 0.29) is 23.7 Å². The predicted molar refractivity (Wildman–Crippen MR) is 88.3 cm³/mol. The van der Waals surface area contributed by atoms with Crippen LogP contribution in [0.25, 0.3) is 10.9 Å². The van der Waals surface area contributed by atoms with Gasteiger partial charge in [-0.2, -0.15) is 0 Å². The van der Waals surface area contributed by atoms with E-state index in [9.17, 15) is 9.18 Å². The first-order chi connectivity index (χ1) is 12.0. The van der Waals surface area contributed by atoms with E-state index in [1.807, 2.05) is 13.0 Å². The van der Waals surface area contributed by atoms with Crippen LogP contribution in [0.2, 0.25) is 0 Å². The highest BCUT2D eigenvalue weighted by atomic mass is 19.1. The number of ether oxygens (including phenoxy) is 1. The highest BCUT2D eigenvalue weighted by Gasteiger charge is 2.44.